The Labute approximate surface area is 352 Å². The van der Waals surface area contributed by atoms with E-state index in [-0.39, 0.29) is 0 Å². The van der Waals surface area contributed by atoms with Crippen molar-refractivity contribution in [3.63, 3.8) is 0 Å². The highest BCUT2D eigenvalue weighted by atomic mass is 15.0. The highest BCUT2D eigenvalue weighted by molar-refractivity contribution is 6.26. The summed E-state index contributed by atoms with van der Waals surface area (Å²) in [5.41, 5.74) is 10.9. The SMILES string of the molecule is c1ccc(-c2ccc3c4ccccc4n(-c4cc5c6ccccc6c6ccccc6c5cc4-c4ccc(-c5nc(-c6ccccc6)nc(-c6ccccc6)n5)cc4)c3c2)cc1. The second kappa shape index (κ2) is 14.3. The first kappa shape index (κ1) is 34.8. The van der Waals surface area contributed by atoms with E-state index in [1.165, 1.54) is 54.2 Å². The van der Waals surface area contributed by atoms with Crippen LogP contribution in [0, 0.1) is 0 Å². The summed E-state index contributed by atoms with van der Waals surface area (Å²) in [5, 5.41) is 9.87. The first-order valence-electron chi connectivity index (χ1n) is 20.7. The molecule has 0 fully saturated rings. The summed E-state index contributed by atoms with van der Waals surface area (Å²) in [4.78, 5) is 15.0. The summed E-state index contributed by atoms with van der Waals surface area (Å²) in [6.45, 7) is 0. The molecule has 0 radical (unpaired) electrons. The lowest BCUT2D eigenvalue weighted by atomic mass is 9.90. The molecule has 0 bridgehead atoms. The van der Waals surface area contributed by atoms with Crippen LogP contribution in [0.5, 0.6) is 0 Å². The molecule has 0 saturated heterocycles. The number of aromatic nitrogens is 4. The fraction of sp³-hybridized carbons (Fsp3) is 0. The van der Waals surface area contributed by atoms with Crippen LogP contribution in [0.4, 0.5) is 0 Å². The van der Waals surface area contributed by atoms with Crippen molar-refractivity contribution in [3.05, 3.63) is 218 Å². The van der Waals surface area contributed by atoms with E-state index in [0.29, 0.717) is 17.5 Å². The fourth-order valence-electron chi connectivity index (χ4n) is 9.13. The Morgan fingerprint density at radius 3 is 1.20 bits per heavy atom. The molecular formula is C57H36N4. The first-order chi connectivity index (χ1) is 30.2. The molecule has 0 spiro atoms. The van der Waals surface area contributed by atoms with E-state index in [1.807, 2.05) is 60.7 Å². The van der Waals surface area contributed by atoms with Gasteiger partial charge in [0.2, 0.25) is 0 Å². The lowest BCUT2D eigenvalue weighted by Gasteiger charge is -2.19. The Kier molecular flexibility index (Phi) is 8.13. The number of hydrogen-bond donors (Lipinski definition) is 0. The minimum atomic E-state index is 0.631. The van der Waals surface area contributed by atoms with Gasteiger partial charge in [-0.15, -0.1) is 0 Å². The number of fused-ring (bicyclic) bond motifs is 9. The molecule has 2 aromatic heterocycles. The van der Waals surface area contributed by atoms with Gasteiger partial charge in [-0.1, -0.05) is 194 Å². The molecule has 0 aliphatic rings. The normalized spacial score (nSPS) is 11.6. The molecule has 12 aromatic rings. The van der Waals surface area contributed by atoms with Crippen molar-refractivity contribution in [1.82, 2.24) is 19.5 Å². The fourth-order valence-corrected chi connectivity index (χ4v) is 9.13. The predicted octanol–water partition coefficient (Wildman–Crippen LogP) is 14.8. The summed E-state index contributed by atoms with van der Waals surface area (Å²) in [5.74, 6) is 1.92. The average Bonchev–Trinajstić information content (AvgIpc) is 3.68. The zero-order valence-electron chi connectivity index (χ0n) is 33.1. The summed E-state index contributed by atoms with van der Waals surface area (Å²) >= 11 is 0. The van der Waals surface area contributed by atoms with Crippen LogP contribution < -0.4 is 0 Å². The van der Waals surface area contributed by atoms with Crippen LogP contribution in [0.15, 0.2) is 218 Å². The number of hydrogen-bond acceptors (Lipinski definition) is 3. The Bertz CT molecular complexity index is 3560. The Morgan fingerprint density at radius 2 is 0.639 bits per heavy atom. The Hall–Kier alpha value is -8.21. The van der Waals surface area contributed by atoms with Gasteiger partial charge in [-0.25, -0.2) is 15.0 Å². The lowest BCUT2D eigenvalue weighted by Crippen LogP contribution is -2.00. The summed E-state index contributed by atoms with van der Waals surface area (Å²) in [6.07, 6.45) is 0. The van der Waals surface area contributed by atoms with Crippen LogP contribution >= 0.6 is 0 Å². The third-order valence-corrected chi connectivity index (χ3v) is 12.0. The van der Waals surface area contributed by atoms with Gasteiger partial charge in [0.15, 0.2) is 17.5 Å². The van der Waals surface area contributed by atoms with E-state index in [9.17, 15) is 0 Å². The Morgan fingerprint density at radius 1 is 0.246 bits per heavy atom. The largest absolute Gasteiger partial charge is 0.309 e. The summed E-state index contributed by atoms with van der Waals surface area (Å²) < 4.78 is 2.48. The quantitative estimate of drug-likeness (QED) is 0.158. The molecule has 10 aromatic carbocycles. The van der Waals surface area contributed by atoms with Gasteiger partial charge in [0.25, 0.3) is 0 Å². The molecule has 2 heterocycles. The highest BCUT2D eigenvalue weighted by Crippen LogP contribution is 2.43. The summed E-state index contributed by atoms with van der Waals surface area (Å²) in [7, 11) is 0. The molecule has 0 amide bonds. The molecule has 0 aliphatic heterocycles. The van der Waals surface area contributed by atoms with Gasteiger partial charge in [-0.2, -0.15) is 0 Å². The zero-order valence-corrected chi connectivity index (χ0v) is 33.1. The molecule has 0 unspecified atom stereocenters. The highest BCUT2D eigenvalue weighted by Gasteiger charge is 2.20. The third-order valence-electron chi connectivity index (χ3n) is 12.0. The lowest BCUT2D eigenvalue weighted by molar-refractivity contribution is 1.07. The molecule has 61 heavy (non-hydrogen) atoms. The number of rotatable bonds is 6. The van der Waals surface area contributed by atoms with Crippen molar-refractivity contribution in [2.75, 3.05) is 0 Å². The topological polar surface area (TPSA) is 43.6 Å². The minimum absolute atomic E-state index is 0.631. The van der Waals surface area contributed by atoms with Crippen molar-refractivity contribution >= 4 is 54.1 Å². The maximum absolute atomic E-state index is 5.04. The van der Waals surface area contributed by atoms with E-state index in [1.54, 1.807) is 0 Å². The molecule has 0 N–H and O–H groups in total. The van der Waals surface area contributed by atoms with Crippen LogP contribution in [-0.4, -0.2) is 19.5 Å². The van der Waals surface area contributed by atoms with Crippen molar-refractivity contribution in [2.24, 2.45) is 0 Å². The van der Waals surface area contributed by atoms with Gasteiger partial charge in [0.1, 0.15) is 0 Å². The van der Waals surface area contributed by atoms with Crippen LogP contribution in [-0.2, 0) is 0 Å². The van der Waals surface area contributed by atoms with E-state index in [4.69, 9.17) is 15.0 Å². The number of nitrogens with zero attached hydrogens (tertiary/aromatic N) is 4. The van der Waals surface area contributed by atoms with Crippen molar-refractivity contribution in [3.8, 4) is 62.1 Å². The predicted molar refractivity (Wildman–Crippen MR) is 254 cm³/mol. The minimum Gasteiger partial charge on any atom is -0.309 e. The summed E-state index contributed by atoms with van der Waals surface area (Å²) in [6, 6.07) is 77.8. The zero-order chi connectivity index (χ0) is 40.3. The van der Waals surface area contributed by atoms with Gasteiger partial charge in [-0.05, 0) is 73.3 Å². The number of para-hydroxylation sites is 1. The smallest absolute Gasteiger partial charge is 0.164 e. The van der Waals surface area contributed by atoms with Gasteiger partial charge in [0, 0.05) is 33.0 Å². The monoisotopic (exact) mass is 776 g/mol. The van der Waals surface area contributed by atoms with E-state index in [0.717, 1.165) is 44.5 Å². The van der Waals surface area contributed by atoms with Gasteiger partial charge in [0.05, 0.1) is 16.7 Å². The van der Waals surface area contributed by atoms with E-state index in [2.05, 4.69) is 162 Å². The molecule has 0 saturated carbocycles. The molecule has 284 valence electrons. The maximum atomic E-state index is 5.04. The van der Waals surface area contributed by atoms with Gasteiger partial charge < -0.3 is 4.57 Å². The Balaban J connectivity index is 1.12. The van der Waals surface area contributed by atoms with E-state index >= 15 is 0 Å². The molecule has 0 atom stereocenters. The van der Waals surface area contributed by atoms with E-state index < -0.39 is 0 Å². The molecule has 4 heteroatoms. The van der Waals surface area contributed by atoms with Crippen LogP contribution in [0.3, 0.4) is 0 Å². The van der Waals surface area contributed by atoms with Crippen LogP contribution in [0.2, 0.25) is 0 Å². The van der Waals surface area contributed by atoms with Crippen LogP contribution in [0.1, 0.15) is 0 Å². The van der Waals surface area contributed by atoms with Gasteiger partial charge >= 0.3 is 0 Å². The molecule has 4 nitrogen and oxygen atoms in total. The van der Waals surface area contributed by atoms with Crippen molar-refractivity contribution in [1.29, 1.82) is 0 Å². The standard InChI is InChI=1S/C57H36N4/c1-4-16-37(17-5-1)42-32-33-48-47-26-14-15-27-52(47)61(53(48)34-42)54-36-51-46-25-13-11-23-44(46)43-22-10-12-24-45(43)50(51)35-49(54)38-28-30-41(31-29-38)57-59-55(39-18-6-2-7-19-39)58-56(60-57)40-20-8-3-9-21-40/h1-36H. The third kappa shape index (κ3) is 5.88. The van der Waals surface area contributed by atoms with Crippen LogP contribution in [0.25, 0.3) is 116 Å². The average molecular weight is 777 g/mol. The first-order valence-corrected chi connectivity index (χ1v) is 20.7. The maximum Gasteiger partial charge on any atom is 0.164 e. The van der Waals surface area contributed by atoms with Crippen molar-refractivity contribution < 1.29 is 0 Å². The second-order valence-corrected chi connectivity index (χ2v) is 15.6. The molecular weight excluding hydrogens is 741 g/mol. The second-order valence-electron chi connectivity index (χ2n) is 15.6. The number of benzene rings is 10. The van der Waals surface area contributed by atoms with Crippen molar-refractivity contribution in [2.45, 2.75) is 0 Å². The molecule has 0 aliphatic carbocycles. The van der Waals surface area contributed by atoms with Gasteiger partial charge in [-0.3, -0.25) is 0 Å². The molecule has 12 rings (SSSR count).